The van der Waals surface area contributed by atoms with Gasteiger partial charge >= 0.3 is 0 Å². The van der Waals surface area contributed by atoms with Crippen LogP contribution in [0.2, 0.25) is 0 Å². The predicted molar refractivity (Wildman–Crippen MR) is 67.6 cm³/mol. The third-order valence-corrected chi connectivity index (χ3v) is 5.80. The zero-order valence-electron chi connectivity index (χ0n) is 9.69. The lowest BCUT2D eigenvalue weighted by molar-refractivity contribution is 0.0568. The molecule has 2 aliphatic rings. The smallest absolute Gasteiger partial charge is 0.0490 e. The van der Waals surface area contributed by atoms with Crippen molar-refractivity contribution in [1.82, 2.24) is 0 Å². The number of aliphatic hydroxyl groups is 1. The third-order valence-electron chi connectivity index (χ3n) is 4.87. The van der Waals surface area contributed by atoms with Gasteiger partial charge in [0.2, 0.25) is 0 Å². The average Bonchev–Trinajstić information content (AvgIpc) is 3.02. The molecule has 1 aromatic heterocycles. The summed E-state index contributed by atoms with van der Waals surface area (Å²) in [6.07, 6.45) is 7.85. The monoisotopic (exact) mass is 236 g/mol. The van der Waals surface area contributed by atoms with Crippen molar-refractivity contribution < 1.29 is 5.11 Å². The molecule has 2 bridgehead atoms. The van der Waals surface area contributed by atoms with Gasteiger partial charge in [0.1, 0.15) is 0 Å². The predicted octanol–water partition coefficient (Wildman–Crippen LogP) is 3.48. The molecule has 1 N–H and O–H groups in total. The first kappa shape index (κ1) is 10.8. The quantitative estimate of drug-likeness (QED) is 0.848. The van der Waals surface area contributed by atoms with Gasteiger partial charge in [-0.2, -0.15) is 0 Å². The molecule has 2 saturated carbocycles. The van der Waals surface area contributed by atoms with Crippen LogP contribution in [0, 0.1) is 17.3 Å². The van der Waals surface area contributed by atoms with Crippen LogP contribution in [0.25, 0.3) is 0 Å². The van der Waals surface area contributed by atoms with Crippen molar-refractivity contribution in [3.05, 3.63) is 22.4 Å². The summed E-state index contributed by atoms with van der Waals surface area (Å²) < 4.78 is 0. The van der Waals surface area contributed by atoms with Crippen molar-refractivity contribution in [3.8, 4) is 0 Å². The van der Waals surface area contributed by atoms with E-state index in [0.29, 0.717) is 6.61 Å². The number of rotatable bonds is 4. The molecule has 88 valence electrons. The molecule has 2 fully saturated rings. The summed E-state index contributed by atoms with van der Waals surface area (Å²) in [6.45, 7) is 0.416. The highest BCUT2D eigenvalue weighted by atomic mass is 32.1. The summed E-state index contributed by atoms with van der Waals surface area (Å²) >= 11 is 1.85. The van der Waals surface area contributed by atoms with Gasteiger partial charge in [-0.05, 0) is 60.8 Å². The van der Waals surface area contributed by atoms with Crippen LogP contribution in [0.4, 0.5) is 0 Å². The number of hydrogen-bond acceptors (Lipinski definition) is 2. The van der Waals surface area contributed by atoms with Crippen molar-refractivity contribution in [1.29, 1.82) is 0 Å². The lowest BCUT2D eigenvalue weighted by atomic mass is 9.70. The highest BCUT2D eigenvalue weighted by Crippen LogP contribution is 2.57. The van der Waals surface area contributed by atoms with E-state index in [0.717, 1.165) is 11.8 Å². The minimum atomic E-state index is 0.285. The topological polar surface area (TPSA) is 20.2 Å². The van der Waals surface area contributed by atoms with E-state index in [1.54, 1.807) is 0 Å². The summed E-state index contributed by atoms with van der Waals surface area (Å²) in [5.74, 6) is 1.75. The lowest BCUT2D eigenvalue weighted by Gasteiger charge is -2.36. The van der Waals surface area contributed by atoms with Crippen molar-refractivity contribution in [3.63, 3.8) is 0 Å². The van der Waals surface area contributed by atoms with Gasteiger partial charge in [0.25, 0.3) is 0 Å². The molecule has 0 amide bonds. The summed E-state index contributed by atoms with van der Waals surface area (Å²) in [5.41, 5.74) is 0.285. The summed E-state index contributed by atoms with van der Waals surface area (Å²) in [6, 6.07) is 4.36. The van der Waals surface area contributed by atoms with E-state index in [-0.39, 0.29) is 5.41 Å². The maximum Gasteiger partial charge on any atom is 0.0490 e. The van der Waals surface area contributed by atoms with Gasteiger partial charge in [0.05, 0.1) is 0 Å². The maximum atomic E-state index is 9.77. The Morgan fingerprint density at radius 3 is 2.94 bits per heavy atom. The molecule has 3 rings (SSSR count). The molecule has 0 saturated heterocycles. The van der Waals surface area contributed by atoms with Crippen LogP contribution in [0.3, 0.4) is 0 Å². The zero-order chi connectivity index (χ0) is 11.0. The summed E-state index contributed by atoms with van der Waals surface area (Å²) in [5, 5.41) is 11.9. The van der Waals surface area contributed by atoms with Crippen LogP contribution >= 0.6 is 11.3 Å². The second-order valence-electron chi connectivity index (χ2n) is 5.68. The van der Waals surface area contributed by atoms with Crippen LogP contribution < -0.4 is 0 Å². The van der Waals surface area contributed by atoms with Gasteiger partial charge in [-0.15, -0.1) is 11.3 Å². The molecule has 16 heavy (non-hydrogen) atoms. The molecule has 3 atom stereocenters. The molecule has 0 aliphatic heterocycles. The second-order valence-corrected chi connectivity index (χ2v) is 6.71. The molecule has 3 unspecified atom stereocenters. The van der Waals surface area contributed by atoms with Gasteiger partial charge in [-0.25, -0.2) is 0 Å². The fraction of sp³-hybridized carbons (Fsp3) is 0.714. The van der Waals surface area contributed by atoms with E-state index in [4.69, 9.17) is 0 Å². The molecule has 1 aromatic rings. The fourth-order valence-corrected chi connectivity index (χ4v) is 4.67. The average molecular weight is 236 g/mol. The Morgan fingerprint density at radius 2 is 2.38 bits per heavy atom. The highest BCUT2D eigenvalue weighted by Gasteiger charge is 2.49. The van der Waals surface area contributed by atoms with Crippen LogP contribution in [0.15, 0.2) is 17.5 Å². The molecule has 0 spiro atoms. The number of hydrogen-bond donors (Lipinski definition) is 1. The Morgan fingerprint density at radius 1 is 1.44 bits per heavy atom. The van der Waals surface area contributed by atoms with Gasteiger partial charge in [-0.1, -0.05) is 12.5 Å². The van der Waals surface area contributed by atoms with Crippen molar-refractivity contribution in [2.75, 3.05) is 6.61 Å². The van der Waals surface area contributed by atoms with E-state index < -0.39 is 0 Å². The minimum Gasteiger partial charge on any atom is -0.396 e. The minimum absolute atomic E-state index is 0.285. The third kappa shape index (κ3) is 1.72. The molecular formula is C14H20OS. The summed E-state index contributed by atoms with van der Waals surface area (Å²) in [4.78, 5) is 1.48. The molecule has 1 nitrogen and oxygen atoms in total. The molecule has 1 heterocycles. The molecule has 0 aromatic carbocycles. The fourth-order valence-electron chi connectivity index (χ4n) is 3.96. The maximum absolute atomic E-state index is 9.77. The zero-order valence-corrected chi connectivity index (χ0v) is 10.5. The van der Waals surface area contributed by atoms with E-state index >= 15 is 0 Å². The lowest BCUT2D eigenvalue weighted by Crippen LogP contribution is -2.32. The van der Waals surface area contributed by atoms with Gasteiger partial charge in [0.15, 0.2) is 0 Å². The number of aryl methyl sites for hydroxylation is 1. The van der Waals surface area contributed by atoms with E-state index in [1.165, 1.54) is 43.4 Å². The first-order valence-electron chi connectivity index (χ1n) is 6.46. The van der Waals surface area contributed by atoms with Gasteiger partial charge in [0, 0.05) is 11.5 Å². The largest absolute Gasteiger partial charge is 0.396 e. The Labute approximate surface area is 102 Å². The first-order chi connectivity index (χ1) is 7.82. The Hall–Kier alpha value is -0.340. The van der Waals surface area contributed by atoms with E-state index in [9.17, 15) is 5.11 Å². The standard InChI is InChI=1S/C14H20OS/c15-10-14(6-5-13-2-1-7-16-13)9-11-3-4-12(14)8-11/h1-2,7,11-12,15H,3-6,8-10H2. The Bertz CT molecular complexity index is 346. The van der Waals surface area contributed by atoms with Crippen molar-refractivity contribution >= 4 is 11.3 Å². The number of thiophene rings is 1. The summed E-state index contributed by atoms with van der Waals surface area (Å²) in [7, 11) is 0. The van der Waals surface area contributed by atoms with E-state index in [1.807, 2.05) is 11.3 Å². The van der Waals surface area contributed by atoms with Crippen LogP contribution in [0.1, 0.15) is 37.0 Å². The molecule has 0 radical (unpaired) electrons. The normalized spacial score (nSPS) is 37.1. The van der Waals surface area contributed by atoms with Crippen LogP contribution in [-0.4, -0.2) is 11.7 Å². The van der Waals surface area contributed by atoms with Gasteiger partial charge in [-0.3, -0.25) is 0 Å². The number of aliphatic hydroxyl groups excluding tert-OH is 1. The SMILES string of the molecule is OCC1(CCc2cccs2)CC2CCC1C2. The van der Waals surface area contributed by atoms with E-state index in [2.05, 4.69) is 17.5 Å². The Balaban J connectivity index is 1.67. The molecule has 2 aliphatic carbocycles. The Kier molecular flexibility index (Phi) is 2.80. The first-order valence-corrected chi connectivity index (χ1v) is 7.34. The molecular weight excluding hydrogens is 216 g/mol. The van der Waals surface area contributed by atoms with Crippen molar-refractivity contribution in [2.45, 2.75) is 38.5 Å². The van der Waals surface area contributed by atoms with Crippen LogP contribution in [-0.2, 0) is 6.42 Å². The highest BCUT2D eigenvalue weighted by molar-refractivity contribution is 7.09. The second kappa shape index (κ2) is 4.15. The van der Waals surface area contributed by atoms with Gasteiger partial charge < -0.3 is 5.11 Å². The molecule has 2 heteroatoms. The van der Waals surface area contributed by atoms with Crippen LogP contribution in [0.5, 0.6) is 0 Å². The van der Waals surface area contributed by atoms with Crippen molar-refractivity contribution in [2.24, 2.45) is 17.3 Å². The number of fused-ring (bicyclic) bond motifs is 2.